The number of hydrogen-bond donors (Lipinski definition) is 2. The SMILES string of the molecule is CN=C(NCc1cccc(C)c1)NCc1ccc(OC)c(Br)c1.I. The minimum absolute atomic E-state index is 0. The molecule has 0 aromatic heterocycles. The highest BCUT2D eigenvalue weighted by Crippen LogP contribution is 2.25. The van der Waals surface area contributed by atoms with E-state index in [1.54, 1.807) is 14.2 Å². The molecule has 0 amide bonds. The molecule has 24 heavy (non-hydrogen) atoms. The lowest BCUT2D eigenvalue weighted by Crippen LogP contribution is -2.36. The van der Waals surface area contributed by atoms with E-state index in [9.17, 15) is 0 Å². The first-order chi connectivity index (χ1) is 11.1. The van der Waals surface area contributed by atoms with Crippen molar-refractivity contribution in [3.63, 3.8) is 0 Å². The maximum absolute atomic E-state index is 5.24. The number of rotatable bonds is 5. The van der Waals surface area contributed by atoms with Gasteiger partial charge in [-0.3, -0.25) is 4.99 Å². The zero-order valence-corrected chi connectivity index (χ0v) is 18.0. The zero-order chi connectivity index (χ0) is 16.7. The molecule has 0 saturated carbocycles. The lowest BCUT2D eigenvalue weighted by Gasteiger charge is -2.13. The van der Waals surface area contributed by atoms with Gasteiger partial charge in [0.15, 0.2) is 5.96 Å². The maximum atomic E-state index is 5.24. The molecule has 2 rings (SSSR count). The van der Waals surface area contributed by atoms with Crippen LogP contribution < -0.4 is 15.4 Å². The van der Waals surface area contributed by atoms with Gasteiger partial charge in [-0.25, -0.2) is 0 Å². The van der Waals surface area contributed by atoms with Crippen molar-refractivity contribution >= 4 is 45.9 Å². The number of methoxy groups -OCH3 is 1. The predicted molar refractivity (Wildman–Crippen MR) is 114 cm³/mol. The predicted octanol–water partition coefficient (Wildman–Crippen LogP) is 4.25. The van der Waals surface area contributed by atoms with Gasteiger partial charge in [0.2, 0.25) is 0 Å². The average molecular weight is 504 g/mol. The van der Waals surface area contributed by atoms with E-state index in [0.717, 1.165) is 28.3 Å². The number of nitrogens with zero attached hydrogens (tertiary/aromatic N) is 1. The second-order valence-electron chi connectivity index (χ2n) is 5.24. The van der Waals surface area contributed by atoms with E-state index in [0.29, 0.717) is 6.54 Å². The molecule has 130 valence electrons. The summed E-state index contributed by atoms with van der Waals surface area (Å²) in [4.78, 5) is 4.25. The molecule has 0 aliphatic heterocycles. The second-order valence-corrected chi connectivity index (χ2v) is 6.09. The van der Waals surface area contributed by atoms with Crippen LogP contribution in [0, 0.1) is 6.92 Å². The van der Waals surface area contributed by atoms with E-state index in [4.69, 9.17) is 4.74 Å². The minimum Gasteiger partial charge on any atom is -0.496 e. The van der Waals surface area contributed by atoms with E-state index in [2.05, 4.69) is 62.7 Å². The molecule has 6 heteroatoms. The third-order valence-corrected chi connectivity index (χ3v) is 4.06. The Bertz CT molecular complexity index is 692. The van der Waals surface area contributed by atoms with Crippen molar-refractivity contribution in [3.8, 4) is 5.75 Å². The van der Waals surface area contributed by atoms with Gasteiger partial charge in [0.25, 0.3) is 0 Å². The summed E-state index contributed by atoms with van der Waals surface area (Å²) < 4.78 is 6.19. The van der Waals surface area contributed by atoms with Crippen LogP contribution in [0.25, 0.3) is 0 Å². The highest BCUT2D eigenvalue weighted by molar-refractivity contribution is 14.0. The molecule has 0 atom stereocenters. The number of benzene rings is 2. The third-order valence-electron chi connectivity index (χ3n) is 3.44. The highest BCUT2D eigenvalue weighted by Gasteiger charge is 2.03. The summed E-state index contributed by atoms with van der Waals surface area (Å²) in [5, 5.41) is 6.64. The van der Waals surface area contributed by atoms with Crippen molar-refractivity contribution < 1.29 is 4.74 Å². The molecular weight excluding hydrogens is 481 g/mol. The molecule has 0 bridgehead atoms. The standard InChI is InChI=1S/C18H22BrN3O.HI/c1-13-5-4-6-14(9-13)11-21-18(20-2)22-12-15-7-8-17(23-3)16(19)10-15;/h4-10H,11-12H2,1-3H3,(H2,20,21,22);1H. The molecule has 0 aliphatic rings. The smallest absolute Gasteiger partial charge is 0.191 e. The number of nitrogens with one attached hydrogen (secondary N) is 2. The molecule has 2 N–H and O–H groups in total. The molecule has 0 aliphatic carbocycles. The lowest BCUT2D eigenvalue weighted by atomic mass is 10.1. The number of halogens is 2. The Balaban J connectivity index is 0.00000288. The van der Waals surface area contributed by atoms with Crippen LogP contribution >= 0.6 is 39.9 Å². The maximum Gasteiger partial charge on any atom is 0.191 e. The summed E-state index contributed by atoms with van der Waals surface area (Å²) in [7, 11) is 3.44. The number of guanidine groups is 1. The first-order valence-electron chi connectivity index (χ1n) is 7.45. The Morgan fingerprint density at radius 1 is 1.08 bits per heavy atom. The van der Waals surface area contributed by atoms with Crippen LogP contribution in [0.2, 0.25) is 0 Å². The fourth-order valence-corrected chi connectivity index (χ4v) is 2.82. The van der Waals surface area contributed by atoms with E-state index >= 15 is 0 Å². The topological polar surface area (TPSA) is 45.7 Å². The van der Waals surface area contributed by atoms with Gasteiger partial charge < -0.3 is 15.4 Å². The average Bonchev–Trinajstić information content (AvgIpc) is 2.55. The molecule has 2 aromatic carbocycles. The Labute approximate surface area is 169 Å². The first kappa shape index (κ1) is 20.8. The molecule has 0 heterocycles. The largest absolute Gasteiger partial charge is 0.496 e. The van der Waals surface area contributed by atoms with Gasteiger partial charge in [-0.2, -0.15) is 0 Å². The number of ether oxygens (including phenoxy) is 1. The summed E-state index contributed by atoms with van der Waals surface area (Å²) in [6.45, 7) is 3.53. The monoisotopic (exact) mass is 503 g/mol. The molecule has 0 spiro atoms. The Hall–Kier alpha value is -1.28. The Kier molecular flexibility index (Phi) is 9.13. The fourth-order valence-electron chi connectivity index (χ4n) is 2.23. The van der Waals surface area contributed by atoms with E-state index < -0.39 is 0 Å². The molecule has 4 nitrogen and oxygen atoms in total. The van der Waals surface area contributed by atoms with Gasteiger partial charge >= 0.3 is 0 Å². The van der Waals surface area contributed by atoms with E-state index in [-0.39, 0.29) is 24.0 Å². The highest BCUT2D eigenvalue weighted by atomic mass is 127. The third kappa shape index (κ3) is 6.32. The van der Waals surface area contributed by atoms with Gasteiger partial charge in [0, 0.05) is 20.1 Å². The summed E-state index contributed by atoms with van der Waals surface area (Å²) in [6.07, 6.45) is 0. The van der Waals surface area contributed by atoms with Gasteiger partial charge in [0.1, 0.15) is 5.75 Å². The summed E-state index contributed by atoms with van der Waals surface area (Å²) in [6, 6.07) is 14.5. The van der Waals surface area contributed by atoms with Crippen LogP contribution in [0.4, 0.5) is 0 Å². The molecular formula is C18H23BrIN3O. The zero-order valence-electron chi connectivity index (χ0n) is 14.1. The van der Waals surface area contributed by atoms with Crippen molar-refractivity contribution in [1.29, 1.82) is 0 Å². The van der Waals surface area contributed by atoms with Crippen LogP contribution in [-0.4, -0.2) is 20.1 Å². The van der Waals surface area contributed by atoms with Crippen LogP contribution in [-0.2, 0) is 13.1 Å². The van der Waals surface area contributed by atoms with Crippen LogP contribution in [0.1, 0.15) is 16.7 Å². The lowest BCUT2D eigenvalue weighted by molar-refractivity contribution is 0.412. The van der Waals surface area contributed by atoms with Crippen LogP contribution in [0.5, 0.6) is 5.75 Å². The van der Waals surface area contributed by atoms with Crippen molar-refractivity contribution in [2.24, 2.45) is 4.99 Å². The minimum atomic E-state index is 0. The summed E-state index contributed by atoms with van der Waals surface area (Å²) >= 11 is 3.50. The van der Waals surface area contributed by atoms with Crippen molar-refractivity contribution in [3.05, 3.63) is 63.6 Å². The van der Waals surface area contributed by atoms with Crippen LogP contribution in [0.15, 0.2) is 51.9 Å². The van der Waals surface area contributed by atoms with Crippen molar-refractivity contribution in [1.82, 2.24) is 10.6 Å². The molecule has 2 aromatic rings. The quantitative estimate of drug-likeness (QED) is 0.364. The number of aliphatic imine (C=N–C) groups is 1. The fraction of sp³-hybridized carbons (Fsp3) is 0.278. The summed E-state index contributed by atoms with van der Waals surface area (Å²) in [5.74, 6) is 1.61. The van der Waals surface area contributed by atoms with Crippen molar-refractivity contribution in [2.45, 2.75) is 20.0 Å². The van der Waals surface area contributed by atoms with E-state index in [1.165, 1.54) is 11.1 Å². The Morgan fingerprint density at radius 3 is 2.29 bits per heavy atom. The normalized spacial score (nSPS) is 10.8. The Morgan fingerprint density at radius 2 is 1.75 bits per heavy atom. The van der Waals surface area contributed by atoms with Gasteiger partial charge in [-0.05, 0) is 46.1 Å². The number of hydrogen-bond acceptors (Lipinski definition) is 2. The molecule has 0 fully saturated rings. The van der Waals surface area contributed by atoms with Gasteiger partial charge in [-0.1, -0.05) is 35.9 Å². The molecule has 0 unspecified atom stereocenters. The first-order valence-corrected chi connectivity index (χ1v) is 8.24. The second kappa shape index (κ2) is 10.6. The van der Waals surface area contributed by atoms with Crippen molar-refractivity contribution in [2.75, 3.05) is 14.2 Å². The number of aryl methyl sites for hydroxylation is 1. The van der Waals surface area contributed by atoms with Gasteiger partial charge in [0.05, 0.1) is 11.6 Å². The molecule has 0 saturated heterocycles. The van der Waals surface area contributed by atoms with Gasteiger partial charge in [-0.15, -0.1) is 24.0 Å². The molecule has 0 radical (unpaired) electrons. The van der Waals surface area contributed by atoms with E-state index in [1.807, 2.05) is 18.2 Å². The van der Waals surface area contributed by atoms with Crippen LogP contribution in [0.3, 0.4) is 0 Å². The summed E-state index contributed by atoms with van der Waals surface area (Å²) in [5.41, 5.74) is 3.65.